The molecule has 2 rings (SSSR count). The second kappa shape index (κ2) is 5.64. The van der Waals surface area contributed by atoms with Crippen LogP contribution < -0.4 is 0 Å². The number of carboxylic acids is 1. The Bertz CT molecular complexity index is 474. The van der Waals surface area contributed by atoms with Gasteiger partial charge in [0.25, 0.3) is 0 Å². The van der Waals surface area contributed by atoms with Crippen LogP contribution in [0, 0.1) is 4.77 Å². The summed E-state index contributed by atoms with van der Waals surface area (Å²) in [5, 5.41) is 9.03. The summed E-state index contributed by atoms with van der Waals surface area (Å²) < 4.78 is 0.376. The number of hydrogen-bond donors (Lipinski definition) is 3. The third kappa shape index (κ3) is 3.18. The zero-order chi connectivity index (χ0) is 13.1. The molecule has 1 aromatic heterocycles. The average Bonchev–Trinajstić information content (AvgIpc) is 2.70. The second-order valence-corrected chi connectivity index (χ2v) is 5.04. The Kier molecular flexibility index (Phi) is 4.15. The molecule has 0 saturated carbocycles. The number of rotatable bonds is 4. The number of aromatic nitrogens is 2. The molecule has 1 aromatic rings. The summed E-state index contributed by atoms with van der Waals surface area (Å²) in [7, 11) is 2.11. The molecule has 3 N–H and O–H groups in total. The van der Waals surface area contributed by atoms with E-state index in [-0.39, 0.29) is 5.69 Å². The lowest BCUT2D eigenvalue weighted by atomic mass is 10.2. The quantitative estimate of drug-likeness (QED) is 0.697. The maximum absolute atomic E-state index is 11.0. The number of nitrogens with zero attached hydrogens (tertiary/aromatic N) is 2. The maximum Gasteiger partial charge on any atom is 0.354 e. The maximum atomic E-state index is 11.0. The molecule has 7 heteroatoms. The van der Waals surface area contributed by atoms with Crippen LogP contribution in [0.25, 0.3) is 0 Å². The van der Waals surface area contributed by atoms with E-state index in [4.69, 9.17) is 17.3 Å². The lowest BCUT2D eigenvalue weighted by Gasteiger charge is -2.32. The van der Waals surface area contributed by atoms with Gasteiger partial charge in [-0.15, -0.1) is 0 Å². The minimum atomic E-state index is -0.962. The van der Waals surface area contributed by atoms with E-state index in [2.05, 4.69) is 26.8 Å². The number of likely N-dealkylation sites (N-methyl/N-ethyl adjacent to an activating group) is 1. The van der Waals surface area contributed by atoms with Crippen molar-refractivity contribution >= 4 is 18.2 Å². The van der Waals surface area contributed by atoms with Crippen molar-refractivity contribution in [1.82, 2.24) is 19.8 Å². The van der Waals surface area contributed by atoms with Gasteiger partial charge < -0.3 is 24.9 Å². The molecule has 1 saturated heterocycles. The van der Waals surface area contributed by atoms with Crippen LogP contribution in [0.5, 0.6) is 0 Å². The number of H-pyrrole nitrogens is 2. The minimum Gasteiger partial charge on any atom is -0.477 e. The predicted molar refractivity (Wildman–Crippen MR) is 70.6 cm³/mol. The van der Waals surface area contributed by atoms with Gasteiger partial charge in [0, 0.05) is 44.8 Å². The number of hydrogen-bond acceptors (Lipinski definition) is 4. The van der Waals surface area contributed by atoms with Crippen LogP contribution in [0.2, 0.25) is 0 Å². The summed E-state index contributed by atoms with van der Waals surface area (Å²) in [5.74, 6) is -0.962. The Hall–Kier alpha value is -1.18. The van der Waals surface area contributed by atoms with Crippen LogP contribution in [0.1, 0.15) is 16.2 Å². The minimum absolute atomic E-state index is 0.189. The SMILES string of the molecule is CN1CCN(CCc2[nH]c(=S)[nH]c2C(=O)O)CC1. The lowest BCUT2D eigenvalue weighted by molar-refractivity contribution is 0.0689. The van der Waals surface area contributed by atoms with E-state index >= 15 is 0 Å². The highest BCUT2D eigenvalue weighted by atomic mass is 32.1. The van der Waals surface area contributed by atoms with Crippen LogP contribution in [0.3, 0.4) is 0 Å². The molecule has 1 aliphatic rings. The fourth-order valence-electron chi connectivity index (χ4n) is 2.13. The Morgan fingerprint density at radius 1 is 1.33 bits per heavy atom. The van der Waals surface area contributed by atoms with E-state index in [1.807, 2.05) is 0 Å². The topological polar surface area (TPSA) is 75.4 Å². The molecular weight excluding hydrogens is 252 g/mol. The van der Waals surface area contributed by atoms with Crippen molar-refractivity contribution in [3.63, 3.8) is 0 Å². The van der Waals surface area contributed by atoms with E-state index in [0.29, 0.717) is 16.9 Å². The van der Waals surface area contributed by atoms with Gasteiger partial charge in [-0.3, -0.25) is 0 Å². The number of carbonyl (C=O) groups is 1. The van der Waals surface area contributed by atoms with E-state index in [1.54, 1.807) is 0 Å². The van der Waals surface area contributed by atoms with E-state index < -0.39 is 5.97 Å². The molecule has 0 aliphatic carbocycles. The van der Waals surface area contributed by atoms with Crippen LogP contribution in [0.4, 0.5) is 0 Å². The third-order valence-electron chi connectivity index (χ3n) is 3.29. The van der Waals surface area contributed by atoms with Gasteiger partial charge in [0.2, 0.25) is 0 Å². The molecule has 0 aromatic carbocycles. The fraction of sp³-hybridized carbons (Fsp3) is 0.636. The van der Waals surface area contributed by atoms with Gasteiger partial charge in [0.1, 0.15) is 5.69 Å². The first-order valence-electron chi connectivity index (χ1n) is 6.01. The van der Waals surface area contributed by atoms with Crippen LogP contribution in [0.15, 0.2) is 0 Å². The second-order valence-electron chi connectivity index (χ2n) is 4.63. The standard InChI is InChI=1S/C11H18N4O2S/c1-14-4-6-15(7-5-14)3-2-8-9(10(16)17)13-11(18)12-8/h2-7H2,1H3,(H,16,17)(H2,12,13,18). The summed E-state index contributed by atoms with van der Waals surface area (Å²) in [6.45, 7) is 5.05. The molecule has 1 fully saturated rings. The van der Waals surface area contributed by atoms with Crippen molar-refractivity contribution < 1.29 is 9.90 Å². The van der Waals surface area contributed by atoms with Crippen LogP contribution in [-0.4, -0.2) is 70.6 Å². The third-order valence-corrected chi connectivity index (χ3v) is 3.50. The summed E-state index contributed by atoms with van der Waals surface area (Å²) in [6, 6.07) is 0. The van der Waals surface area contributed by atoms with Gasteiger partial charge in [-0.25, -0.2) is 4.79 Å². The van der Waals surface area contributed by atoms with Crippen molar-refractivity contribution in [1.29, 1.82) is 0 Å². The molecule has 100 valence electrons. The van der Waals surface area contributed by atoms with Crippen molar-refractivity contribution in [3.8, 4) is 0 Å². The normalized spacial score (nSPS) is 18.1. The monoisotopic (exact) mass is 270 g/mol. The van der Waals surface area contributed by atoms with Gasteiger partial charge in [-0.05, 0) is 19.3 Å². The molecule has 0 bridgehead atoms. The molecule has 0 radical (unpaired) electrons. The molecule has 0 atom stereocenters. The van der Waals surface area contributed by atoms with E-state index in [1.165, 1.54) is 0 Å². The molecule has 2 heterocycles. The van der Waals surface area contributed by atoms with Crippen LogP contribution >= 0.6 is 12.2 Å². The van der Waals surface area contributed by atoms with E-state index in [0.717, 1.165) is 32.7 Å². The number of imidazole rings is 1. The van der Waals surface area contributed by atoms with Gasteiger partial charge in [-0.1, -0.05) is 0 Å². The van der Waals surface area contributed by atoms with Crippen LogP contribution in [-0.2, 0) is 6.42 Å². The summed E-state index contributed by atoms with van der Waals surface area (Å²) in [6.07, 6.45) is 0.679. The molecule has 1 aliphatic heterocycles. The fourth-order valence-corrected chi connectivity index (χ4v) is 2.36. The van der Waals surface area contributed by atoms with Gasteiger partial charge >= 0.3 is 5.97 Å². The van der Waals surface area contributed by atoms with Gasteiger partial charge in [0.15, 0.2) is 4.77 Å². The lowest BCUT2D eigenvalue weighted by Crippen LogP contribution is -2.45. The average molecular weight is 270 g/mol. The van der Waals surface area contributed by atoms with Crippen molar-refractivity contribution in [2.45, 2.75) is 6.42 Å². The zero-order valence-corrected chi connectivity index (χ0v) is 11.2. The Labute approximate surface area is 111 Å². The molecule has 0 unspecified atom stereocenters. The first-order valence-corrected chi connectivity index (χ1v) is 6.42. The van der Waals surface area contributed by atoms with Gasteiger partial charge in [0.05, 0.1) is 0 Å². The Morgan fingerprint density at radius 2 is 2.00 bits per heavy atom. The smallest absolute Gasteiger partial charge is 0.354 e. The summed E-state index contributed by atoms with van der Waals surface area (Å²) >= 11 is 4.93. The summed E-state index contributed by atoms with van der Waals surface area (Å²) in [5.41, 5.74) is 0.876. The number of aromatic amines is 2. The number of aromatic carboxylic acids is 1. The first-order chi connectivity index (χ1) is 8.56. The van der Waals surface area contributed by atoms with E-state index in [9.17, 15) is 4.79 Å². The molecule has 0 spiro atoms. The highest BCUT2D eigenvalue weighted by Gasteiger charge is 2.16. The Balaban J connectivity index is 1.94. The van der Waals surface area contributed by atoms with Crippen molar-refractivity contribution in [3.05, 3.63) is 16.2 Å². The molecular formula is C11H18N4O2S. The van der Waals surface area contributed by atoms with Gasteiger partial charge in [-0.2, -0.15) is 0 Å². The predicted octanol–water partition coefficient (Wildman–Crippen LogP) is 0.560. The zero-order valence-electron chi connectivity index (χ0n) is 10.4. The number of nitrogens with one attached hydrogen (secondary N) is 2. The molecule has 6 nitrogen and oxygen atoms in total. The largest absolute Gasteiger partial charge is 0.477 e. The van der Waals surface area contributed by atoms with Crippen molar-refractivity contribution in [2.75, 3.05) is 39.8 Å². The highest BCUT2D eigenvalue weighted by molar-refractivity contribution is 7.71. The molecule has 0 amide bonds. The Morgan fingerprint density at radius 3 is 2.61 bits per heavy atom. The number of piperazine rings is 1. The first kappa shape index (κ1) is 13.3. The summed E-state index contributed by atoms with van der Waals surface area (Å²) in [4.78, 5) is 21.2. The van der Waals surface area contributed by atoms with Crippen molar-refractivity contribution in [2.24, 2.45) is 0 Å². The highest BCUT2D eigenvalue weighted by Crippen LogP contribution is 2.07. The molecule has 18 heavy (non-hydrogen) atoms. The number of carboxylic acid groups (broad SMARTS) is 1.